The van der Waals surface area contributed by atoms with Crippen molar-refractivity contribution in [3.8, 4) is 0 Å². The lowest BCUT2D eigenvalue weighted by molar-refractivity contribution is -0.129. The molecule has 1 aliphatic carbocycles. The van der Waals surface area contributed by atoms with Gasteiger partial charge in [-0.3, -0.25) is 0 Å². The summed E-state index contributed by atoms with van der Waals surface area (Å²) in [6.07, 6.45) is 3.48. The third kappa shape index (κ3) is 2.39. The van der Waals surface area contributed by atoms with E-state index in [1.807, 2.05) is 19.9 Å². The van der Waals surface area contributed by atoms with E-state index in [-0.39, 0.29) is 11.8 Å². The molecule has 1 fully saturated rings. The van der Waals surface area contributed by atoms with E-state index in [2.05, 4.69) is 23.2 Å². The summed E-state index contributed by atoms with van der Waals surface area (Å²) in [5, 5.41) is 23.3. The van der Waals surface area contributed by atoms with Crippen LogP contribution < -0.4 is 10.6 Å². The van der Waals surface area contributed by atoms with Crippen LogP contribution in [0.1, 0.15) is 49.7 Å². The van der Waals surface area contributed by atoms with Gasteiger partial charge in [0.15, 0.2) is 5.71 Å². The zero-order chi connectivity index (χ0) is 19.6. The van der Waals surface area contributed by atoms with Crippen molar-refractivity contribution in [2.45, 2.75) is 51.6 Å². The van der Waals surface area contributed by atoms with Crippen molar-refractivity contribution < 1.29 is 15.0 Å². The van der Waals surface area contributed by atoms with Crippen molar-refractivity contribution in [1.82, 2.24) is 0 Å². The van der Waals surface area contributed by atoms with Crippen LogP contribution in [0.3, 0.4) is 0 Å². The van der Waals surface area contributed by atoms with Gasteiger partial charge in [0.2, 0.25) is 0 Å². The van der Waals surface area contributed by atoms with Crippen molar-refractivity contribution in [1.29, 1.82) is 0 Å². The molecule has 2 aliphatic heterocycles. The lowest BCUT2D eigenvalue weighted by Gasteiger charge is -2.25. The van der Waals surface area contributed by atoms with E-state index in [1.165, 1.54) is 5.56 Å². The van der Waals surface area contributed by atoms with E-state index in [1.54, 1.807) is 0 Å². The van der Waals surface area contributed by atoms with Crippen molar-refractivity contribution >= 4 is 28.6 Å². The average Bonchev–Trinajstić information content (AvgIpc) is 3.21. The molecule has 142 valence electrons. The van der Waals surface area contributed by atoms with Gasteiger partial charge in [0, 0.05) is 15.7 Å². The van der Waals surface area contributed by atoms with Gasteiger partial charge in [0.1, 0.15) is 0 Å². The summed E-state index contributed by atoms with van der Waals surface area (Å²) in [5.41, 5.74) is 4.73. The van der Waals surface area contributed by atoms with E-state index < -0.39 is 5.97 Å². The number of carbonyl (C=O) groups is 1. The van der Waals surface area contributed by atoms with Crippen LogP contribution in [0.5, 0.6) is 0 Å². The molecule has 0 bridgehead atoms. The van der Waals surface area contributed by atoms with Gasteiger partial charge in [0.05, 0.1) is 22.8 Å². The summed E-state index contributed by atoms with van der Waals surface area (Å²) < 4.78 is 0. The van der Waals surface area contributed by atoms with Crippen LogP contribution in [0.15, 0.2) is 34.3 Å². The molecular formula is C23H22N2O3. The summed E-state index contributed by atoms with van der Waals surface area (Å²) in [4.78, 5) is 20.9. The van der Waals surface area contributed by atoms with Crippen LogP contribution >= 0.6 is 0 Å². The number of benzene rings is 2. The van der Waals surface area contributed by atoms with E-state index in [0.29, 0.717) is 11.5 Å². The topological polar surface area (TPSA) is 82.2 Å². The number of nitrogens with zero attached hydrogens (tertiary/aromatic N) is 2. The van der Waals surface area contributed by atoms with Crippen LogP contribution in [0.2, 0.25) is 0 Å². The fourth-order valence-corrected chi connectivity index (χ4v) is 4.96. The Morgan fingerprint density at radius 3 is 2.54 bits per heavy atom. The number of carboxylic acid groups (broad SMARTS) is 1. The zero-order valence-corrected chi connectivity index (χ0v) is 16.0. The molecule has 0 atom stereocenters. The Hall–Kier alpha value is -2.79. The highest BCUT2D eigenvalue weighted by molar-refractivity contribution is 6.52. The lowest BCUT2D eigenvalue weighted by Crippen LogP contribution is -2.21. The van der Waals surface area contributed by atoms with Gasteiger partial charge in [0.25, 0.3) is 0 Å². The molecule has 2 aromatic carbocycles. The Morgan fingerprint density at radius 1 is 1.07 bits per heavy atom. The number of rotatable bonds is 2. The molecular weight excluding hydrogens is 352 g/mol. The number of para-hydroxylation sites is 1. The minimum Gasteiger partial charge on any atom is -0.477 e. The third-order valence-corrected chi connectivity index (χ3v) is 6.41. The highest BCUT2D eigenvalue weighted by Gasteiger charge is 2.25. The number of aliphatic carboxylic acids is 1. The monoisotopic (exact) mass is 374 g/mol. The number of aliphatic hydroxyl groups is 1. The molecule has 5 rings (SSSR count). The second-order valence-corrected chi connectivity index (χ2v) is 8.04. The summed E-state index contributed by atoms with van der Waals surface area (Å²) in [6.45, 7) is 3.83. The Morgan fingerprint density at radius 2 is 1.82 bits per heavy atom. The highest BCUT2D eigenvalue weighted by atomic mass is 16.4. The molecule has 0 saturated heterocycles. The predicted molar refractivity (Wildman–Crippen MR) is 107 cm³/mol. The minimum atomic E-state index is -0.993. The molecule has 28 heavy (non-hydrogen) atoms. The van der Waals surface area contributed by atoms with Crippen LogP contribution in [-0.4, -0.2) is 28.0 Å². The molecule has 0 spiro atoms. The number of fused-ring (bicyclic) bond motifs is 3. The van der Waals surface area contributed by atoms with Crippen LogP contribution in [0.4, 0.5) is 11.4 Å². The number of aliphatic hydroxyl groups excluding tert-OH is 1. The normalized spacial score (nSPS) is 22.2. The Balaban J connectivity index is 1.76. The first-order chi connectivity index (χ1) is 13.5. The molecule has 2 N–H and O–H groups in total. The summed E-state index contributed by atoms with van der Waals surface area (Å²) >= 11 is 0. The molecule has 2 heterocycles. The molecule has 5 nitrogen and oxygen atoms in total. The van der Waals surface area contributed by atoms with Crippen molar-refractivity contribution in [3.63, 3.8) is 0 Å². The van der Waals surface area contributed by atoms with E-state index in [9.17, 15) is 15.0 Å². The molecule has 0 amide bonds. The molecule has 3 aliphatic rings. The SMILES string of the molecule is CC1=c2c(cc3c(c2C)N=c2c(C4CCC(O)CC4)cccc2=3)N=C1C(=O)O. The first-order valence-corrected chi connectivity index (χ1v) is 9.82. The van der Waals surface area contributed by atoms with E-state index in [4.69, 9.17) is 4.99 Å². The predicted octanol–water partition coefficient (Wildman–Crippen LogP) is 2.91. The number of hydrogen-bond donors (Lipinski definition) is 2. The number of hydrogen-bond acceptors (Lipinski definition) is 4. The smallest absolute Gasteiger partial charge is 0.354 e. The maximum atomic E-state index is 11.5. The molecule has 0 aromatic heterocycles. The Bertz CT molecular complexity index is 1280. The standard InChI is InChI=1S/C23H22N2O3/c1-11-19-12(2)21(23(27)28)24-18(19)10-17-16-5-3-4-15(22(16)25-20(11)17)13-6-8-14(26)9-7-13/h3-5,10,13-14,26H,6-9H2,1-2H3,(H,27,28). The summed E-state index contributed by atoms with van der Waals surface area (Å²) in [7, 11) is 0. The maximum absolute atomic E-state index is 11.5. The van der Waals surface area contributed by atoms with Gasteiger partial charge in [-0.1, -0.05) is 18.2 Å². The Labute approximate surface area is 162 Å². The van der Waals surface area contributed by atoms with Crippen molar-refractivity contribution in [2.24, 2.45) is 9.98 Å². The van der Waals surface area contributed by atoms with Gasteiger partial charge < -0.3 is 10.2 Å². The second-order valence-electron chi connectivity index (χ2n) is 8.04. The quantitative estimate of drug-likeness (QED) is 0.724. The van der Waals surface area contributed by atoms with E-state index in [0.717, 1.165) is 63.6 Å². The fraction of sp³-hybridized carbons (Fsp3) is 0.348. The Kier molecular flexibility index (Phi) is 3.78. The number of aliphatic imine (C=N–C) groups is 1. The second kappa shape index (κ2) is 6.11. The minimum absolute atomic E-state index is 0.122. The highest BCUT2D eigenvalue weighted by Crippen LogP contribution is 2.33. The third-order valence-electron chi connectivity index (χ3n) is 6.41. The lowest BCUT2D eigenvalue weighted by atomic mass is 9.82. The van der Waals surface area contributed by atoms with Gasteiger partial charge in [-0.2, -0.15) is 0 Å². The zero-order valence-electron chi connectivity index (χ0n) is 16.0. The molecule has 0 radical (unpaired) electrons. The van der Waals surface area contributed by atoms with E-state index >= 15 is 0 Å². The van der Waals surface area contributed by atoms with Gasteiger partial charge in [-0.05, 0) is 68.2 Å². The van der Waals surface area contributed by atoms with Gasteiger partial charge in [-0.15, -0.1) is 0 Å². The molecule has 1 saturated carbocycles. The maximum Gasteiger partial charge on any atom is 0.354 e. The van der Waals surface area contributed by atoms with Gasteiger partial charge >= 0.3 is 5.97 Å². The summed E-state index contributed by atoms with van der Waals surface area (Å²) in [5.74, 6) is -0.569. The summed E-state index contributed by atoms with van der Waals surface area (Å²) in [6, 6.07) is 8.32. The molecule has 0 unspecified atom stereocenters. The van der Waals surface area contributed by atoms with Gasteiger partial charge in [-0.25, -0.2) is 14.8 Å². The molecule has 5 heteroatoms. The van der Waals surface area contributed by atoms with Crippen LogP contribution in [0, 0.1) is 17.4 Å². The van der Waals surface area contributed by atoms with Crippen molar-refractivity contribution in [3.05, 3.63) is 56.4 Å². The molecule has 2 aromatic rings. The van der Waals surface area contributed by atoms with Crippen LogP contribution in [0.25, 0.3) is 5.57 Å². The number of carboxylic acids is 1. The average molecular weight is 374 g/mol. The first-order valence-electron chi connectivity index (χ1n) is 9.82. The largest absolute Gasteiger partial charge is 0.477 e. The van der Waals surface area contributed by atoms with Crippen LogP contribution in [-0.2, 0) is 4.79 Å². The first kappa shape index (κ1) is 17.3. The fourth-order valence-electron chi connectivity index (χ4n) is 4.96. The van der Waals surface area contributed by atoms with Crippen molar-refractivity contribution in [2.75, 3.05) is 0 Å².